The number of aromatic amines is 1. The number of nitrogens with zero attached hydrogens (tertiary/aromatic N) is 6. The Morgan fingerprint density at radius 2 is 1.85 bits per heavy atom. The van der Waals surface area contributed by atoms with E-state index in [1.54, 1.807) is 6.07 Å². The molecule has 2 saturated heterocycles. The maximum absolute atomic E-state index is 13.3. The second-order valence-electron chi connectivity index (χ2n) is 8.40. The molecule has 172 valence electrons. The van der Waals surface area contributed by atoms with Crippen molar-refractivity contribution in [2.24, 2.45) is 0 Å². The van der Waals surface area contributed by atoms with Crippen LogP contribution in [0.3, 0.4) is 0 Å². The molecule has 2 aliphatic rings. The highest BCUT2D eigenvalue weighted by Gasteiger charge is 2.25. The van der Waals surface area contributed by atoms with Crippen molar-refractivity contribution in [2.75, 3.05) is 44.3 Å². The zero-order valence-electron chi connectivity index (χ0n) is 18.0. The van der Waals surface area contributed by atoms with Gasteiger partial charge in [0, 0.05) is 24.7 Å². The standard InChI is InChI=1S/C22H24F2N8O/c23-19(24)20-27-15-3-1-2-14(16(15)28-20)17-18-21(30-22(29-17)31-8-10-33-11-9-31)32(12-26-18)13-4-6-25-7-5-13/h1-3,12-13,19,25H,4-11H2,(H,27,28). The SMILES string of the molecule is FC(F)c1nc2c(-c3nc(N4CCOCC4)nc4c3ncn4C3CCNCC3)cccc2[nH]1. The van der Waals surface area contributed by atoms with E-state index in [1.807, 2.05) is 18.5 Å². The number of fused-ring (bicyclic) bond motifs is 2. The second kappa shape index (κ2) is 8.31. The third-order valence-corrected chi connectivity index (χ3v) is 6.40. The van der Waals surface area contributed by atoms with Crippen LogP contribution in [0.5, 0.6) is 0 Å². The minimum Gasteiger partial charge on any atom is -0.378 e. The predicted octanol–water partition coefficient (Wildman–Crippen LogP) is 3.07. The van der Waals surface area contributed by atoms with Gasteiger partial charge in [-0.3, -0.25) is 0 Å². The average molecular weight is 454 g/mol. The number of hydrogen-bond acceptors (Lipinski definition) is 7. The van der Waals surface area contributed by atoms with E-state index in [-0.39, 0.29) is 5.82 Å². The van der Waals surface area contributed by atoms with Crippen LogP contribution in [-0.2, 0) is 4.74 Å². The number of H-pyrrole nitrogens is 1. The van der Waals surface area contributed by atoms with Crippen molar-refractivity contribution in [3.05, 3.63) is 30.4 Å². The van der Waals surface area contributed by atoms with Gasteiger partial charge in [-0.1, -0.05) is 12.1 Å². The quantitative estimate of drug-likeness (QED) is 0.489. The first kappa shape index (κ1) is 20.4. The molecule has 0 radical (unpaired) electrons. The van der Waals surface area contributed by atoms with E-state index in [0.29, 0.717) is 66.1 Å². The number of ether oxygens (including phenoxy) is 1. The summed E-state index contributed by atoms with van der Waals surface area (Å²) in [6.45, 7) is 4.49. The Morgan fingerprint density at radius 1 is 1.03 bits per heavy atom. The maximum Gasteiger partial charge on any atom is 0.295 e. The molecule has 2 fully saturated rings. The number of rotatable bonds is 4. The van der Waals surface area contributed by atoms with Crippen LogP contribution < -0.4 is 10.2 Å². The smallest absolute Gasteiger partial charge is 0.295 e. The monoisotopic (exact) mass is 454 g/mol. The van der Waals surface area contributed by atoms with E-state index in [4.69, 9.17) is 19.7 Å². The molecule has 2 aliphatic heterocycles. The average Bonchev–Trinajstić information content (AvgIpc) is 3.49. The summed E-state index contributed by atoms with van der Waals surface area (Å²) in [5, 5.41) is 3.39. The summed E-state index contributed by atoms with van der Waals surface area (Å²) >= 11 is 0. The highest BCUT2D eigenvalue weighted by molar-refractivity contribution is 5.99. The van der Waals surface area contributed by atoms with E-state index >= 15 is 0 Å². The third kappa shape index (κ3) is 3.61. The summed E-state index contributed by atoms with van der Waals surface area (Å²) in [4.78, 5) is 23.5. The molecule has 0 aliphatic carbocycles. The highest BCUT2D eigenvalue weighted by atomic mass is 19.3. The molecule has 0 saturated carbocycles. The summed E-state index contributed by atoms with van der Waals surface area (Å²) in [6, 6.07) is 5.71. The first-order valence-electron chi connectivity index (χ1n) is 11.2. The van der Waals surface area contributed by atoms with Gasteiger partial charge in [0.1, 0.15) is 11.2 Å². The number of imidazole rings is 2. The summed E-state index contributed by atoms with van der Waals surface area (Å²) in [7, 11) is 0. The summed E-state index contributed by atoms with van der Waals surface area (Å²) in [5.74, 6) is 0.245. The molecule has 0 unspecified atom stereocenters. The molecule has 2 N–H and O–H groups in total. The van der Waals surface area contributed by atoms with E-state index in [2.05, 4.69) is 24.8 Å². The number of piperidine rings is 1. The van der Waals surface area contributed by atoms with Crippen molar-refractivity contribution >= 4 is 28.1 Å². The lowest BCUT2D eigenvalue weighted by molar-refractivity contribution is 0.122. The maximum atomic E-state index is 13.3. The van der Waals surface area contributed by atoms with Crippen molar-refractivity contribution < 1.29 is 13.5 Å². The number of anilines is 1. The topological polar surface area (TPSA) is 96.8 Å². The molecular formula is C22H24F2N8O. The molecule has 1 aromatic carbocycles. The minimum absolute atomic E-state index is 0.295. The van der Waals surface area contributed by atoms with E-state index in [1.165, 1.54) is 0 Å². The minimum atomic E-state index is -2.68. The Labute approximate surface area is 188 Å². The molecule has 3 aromatic heterocycles. The fourth-order valence-corrected chi connectivity index (χ4v) is 4.70. The highest BCUT2D eigenvalue weighted by Crippen LogP contribution is 2.34. The van der Waals surface area contributed by atoms with Gasteiger partial charge < -0.3 is 24.5 Å². The third-order valence-electron chi connectivity index (χ3n) is 6.40. The Bertz CT molecular complexity index is 1290. The molecule has 4 aromatic rings. The fraction of sp³-hybridized carbons (Fsp3) is 0.455. The Balaban J connectivity index is 1.56. The number of alkyl halides is 2. The van der Waals surface area contributed by atoms with Gasteiger partial charge in [-0.05, 0) is 32.0 Å². The molecule has 6 rings (SSSR count). The number of benzene rings is 1. The van der Waals surface area contributed by atoms with Crippen LogP contribution in [0.2, 0.25) is 0 Å². The molecule has 33 heavy (non-hydrogen) atoms. The molecule has 11 heteroatoms. The van der Waals surface area contributed by atoms with Crippen LogP contribution in [-0.4, -0.2) is 68.9 Å². The number of para-hydroxylation sites is 1. The van der Waals surface area contributed by atoms with Crippen LogP contribution in [0.4, 0.5) is 14.7 Å². The van der Waals surface area contributed by atoms with Crippen LogP contribution >= 0.6 is 0 Å². The van der Waals surface area contributed by atoms with Crippen molar-refractivity contribution in [3.8, 4) is 11.3 Å². The number of morpholine rings is 1. The molecule has 0 atom stereocenters. The van der Waals surface area contributed by atoms with Gasteiger partial charge in [0.15, 0.2) is 11.5 Å². The molecule has 0 spiro atoms. The number of aromatic nitrogens is 6. The van der Waals surface area contributed by atoms with E-state index < -0.39 is 6.43 Å². The summed E-state index contributed by atoms with van der Waals surface area (Å²) in [5.41, 5.74) is 3.67. The lowest BCUT2D eigenvalue weighted by Crippen LogP contribution is -2.37. The van der Waals surface area contributed by atoms with E-state index in [9.17, 15) is 8.78 Å². The van der Waals surface area contributed by atoms with Gasteiger partial charge in [-0.25, -0.2) is 23.7 Å². The Kier molecular flexibility index (Phi) is 5.14. The number of halogens is 2. The molecular weight excluding hydrogens is 430 g/mol. The summed E-state index contributed by atoms with van der Waals surface area (Å²) < 4.78 is 34.3. The van der Waals surface area contributed by atoms with Gasteiger partial charge in [0.25, 0.3) is 6.43 Å². The first-order chi connectivity index (χ1) is 16.2. The zero-order valence-corrected chi connectivity index (χ0v) is 18.0. The first-order valence-corrected chi connectivity index (χ1v) is 11.2. The zero-order chi connectivity index (χ0) is 22.4. The Morgan fingerprint density at radius 3 is 2.64 bits per heavy atom. The second-order valence-corrected chi connectivity index (χ2v) is 8.40. The van der Waals surface area contributed by atoms with Gasteiger partial charge in [-0.15, -0.1) is 0 Å². The normalized spacial score (nSPS) is 18.1. The van der Waals surface area contributed by atoms with Crippen LogP contribution in [0.15, 0.2) is 24.5 Å². The lowest BCUT2D eigenvalue weighted by atomic mass is 10.1. The van der Waals surface area contributed by atoms with Gasteiger partial charge in [0.2, 0.25) is 5.95 Å². The van der Waals surface area contributed by atoms with Crippen LogP contribution in [0.25, 0.3) is 33.5 Å². The van der Waals surface area contributed by atoms with Crippen molar-refractivity contribution in [3.63, 3.8) is 0 Å². The number of nitrogens with one attached hydrogen (secondary N) is 2. The van der Waals surface area contributed by atoms with Crippen molar-refractivity contribution in [2.45, 2.75) is 25.3 Å². The van der Waals surface area contributed by atoms with Crippen LogP contribution in [0.1, 0.15) is 31.1 Å². The van der Waals surface area contributed by atoms with Crippen molar-refractivity contribution in [1.82, 2.24) is 34.8 Å². The Hall–Kier alpha value is -3.18. The molecule has 9 nitrogen and oxygen atoms in total. The molecule has 5 heterocycles. The van der Waals surface area contributed by atoms with E-state index in [0.717, 1.165) is 31.6 Å². The summed E-state index contributed by atoms with van der Waals surface area (Å²) in [6.07, 6.45) is 1.13. The fourth-order valence-electron chi connectivity index (χ4n) is 4.70. The molecule has 0 bridgehead atoms. The predicted molar refractivity (Wildman–Crippen MR) is 120 cm³/mol. The largest absolute Gasteiger partial charge is 0.378 e. The van der Waals surface area contributed by atoms with Crippen LogP contribution in [0, 0.1) is 0 Å². The van der Waals surface area contributed by atoms with Gasteiger partial charge >= 0.3 is 0 Å². The van der Waals surface area contributed by atoms with Crippen molar-refractivity contribution in [1.29, 1.82) is 0 Å². The number of hydrogen-bond donors (Lipinski definition) is 2. The lowest BCUT2D eigenvalue weighted by Gasteiger charge is -2.28. The molecule has 0 amide bonds. The van der Waals surface area contributed by atoms with Gasteiger partial charge in [-0.2, -0.15) is 4.98 Å². The van der Waals surface area contributed by atoms with Gasteiger partial charge in [0.05, 0.1) is 30.6 Å².